The number of carbonyl (C=O) groups is 2. The molecule has 0 unspecified atom stereocenters. The number of likely N-dealkylation sites (tertiary alicyclic amines) is 1. The Hall–Kier alpha value is -2.86. The molecule has 2 aromatic carbocycles. The summed E-state index contributed by atoms with van der Waals surface area (Å²) in [7, 11) is 0. The maximum absolute atomic E-state index is 12.6. The van der Waals surface area contributed by atoms with Gasteiger partial charge in [0.25, 0.3) is 11.8 Å². The minimum atomic E-state index is -0.0780. The van der Waals surface area contributed by atoms with Crippen LogP contribution in [0.4, 0.5) is 5.69 Å². The van der Waals surface area contributed by atoms with E-state index >= 15 is 0 Å². The maximum atomic E-state index is 12.6. The molecule has 0 bridgehead atoms. The van der Waals surface area contributed by atoms with Gasteiger partial charge in [0.15, 0.2) is 6.61 Å². The molecule has 2 aliphatic heterocycles. The molecule has 2 heterocycles. The Morgan fingerprint density at radius 2 is 1.97 bits per heavy atom. The summed E-state index contributed by atoms with van der Waals surface area (Å²) in [5.41, 5.74) is 3.42. The molecule has 1 fully saturated rings. The van der Waals surface area contributed by atoms with Crippen LogP contribution in [-0.4, -0.2) is 44.6 Å². The Labute approximate surface area is 177 Å². The fraction of sp³-hybridized carbons (Fsp3) is 0.417. The SMILES string of the molecule is Cc1ccc2c(c1)OCC(=O)N2Cc1cccc(C(=O)NCC[NH+]2CCCCC2)c1. The van der Waals surface area contributed by atoms with Gasteiger partial charge in [0.2, 0.25) is 0 Å². The topological polar surface area (TPSA) is 63.1 Å². The maximum Gasteiger partial charge on any atom is 0.265 e. The van der Waals surface area contributed by atoms with E-state index in [0.717, 1.165) is 29.1 Å². The molecule has 6 nitrogen and oxygen atoms in total. The summed E-state index contributed by atoms with van der Waals surface area (Å²) in [5.74, 6) is 0.590. The van der Waals surface area contributed by atoms with Crippen LogP contribution in [0, 0.1) is 6.92 Å². The van der Waals surface area contributed by atoms with Crippen LogP contribution >= 0.6 is 0 Å². The van der Waals surface area contributed by atoms with E-state index in [0.29, 0.717) is 18.7 Å². The number of rotatable bonds is 6. The Balaban J connectivity index is 1.40. The lowest BCUT2D eigenvalue weighted by Gasteiger charge is -2.29. The van der Waals surface area contributed by atoms with Gasteiger partial charge in [-0.2, -0.15) is 0 Å². The largest absolute Gasteiger partial charge is 0.482 e. The highest BCUT2D eigenvalue weighted by atomic mass is 16.5. The highest BCUT2D eigenvalue weighted by Crippen LogP contribution is 2.33. The third kappa shape index (κ3) is 4.82. The second-order valence-corrected chi connectivity index (χ2v) is 8.26. The number of quaternary nitrogens is 1. The molecular formula is C24H30N3O3+. The first-order valence-corrected chi connectivity index (χ1v) is 10.8. The van der Waals surface area contributed by atoms with Gasteiger partial charge in [-0.05, 0) is 61.6 Å². The molecule has 30 heavy (non-hydrogen) atoms. The van der Waals surface area contributed by atoms with Crippen LogP contribution in [0.3, 0.4) is 0 Å². The van der Waals surface area contributed by atoms with Crippen molar-refractivity contribution >= 4 is 17.5 Å². The van der Waals surface area contributed by atoms with Crippen LogP contribution in [-0.2, 0) is 11.3 Å². The summed E-state index contributed by atoms with van der Waals surface area (Å²) in [5, 5.41) is 3.05. The summed E-state index contributed by atoms with van der Waals surface area (Å²) in [6.45, 7) is 6.53. The molecule has 6 heteroatoms. The molecular weight excluding hydrogens is 378 g/mol. The van der Waals surface area contributed by atoms with Gasteiger partial charge in [0.1, 0.15) is 5.75 Å². The summed E-state index contributed by atoms with van der Waals surface area (Å²) in [6, 6.07) is 13.4. The Morgan fingerprint density at radius 1 is 1.13 bits per heavy atom. The average molecular weight is 409 g/mol. The number of hydrogen-bond donors (Lipinski definition) is 2. The molecule has 0 atom stereocenters. The van der Waals surface area contributed by atoms with E-state index in [1.807, 2.05) is 49.4 Å². The predicted molar refractivity (Wildman–Crippen MR) is 116 cm³/mol. The van der Waals surface area contributed by atoms with Crippen molar-refractivity contribution in [3.63, 3.8) is 0 Å². The van der Waals surface area contributed by atoms with E-state index in [9.17, 15) is 9.59 Å². The van der Waals surface area contributed by atoms with Crippen molar-refractivity contribution in [1.82, 2.24) is 5.32 Å². The number of hydrogen-bond acceptors (Lipinski definition) is 3. The summed E-state index contributed by atoms with van der Waals surface area (Å²) >= 11 is 0. The van der Waals surface area contributed by atoms with Gasteiger partial charge >= 0.3 is 0 Å². The van der Waals surface area contributed by atoms with Crippen molar-refractivity contribution in [1.29, 1.82) is 0 Å². The van der Waals surface area contributed by atoms with Gasteiger partial charge in [-0.25, -0.2) is 0 Å². The number of nitrogens with one attached hydrogen (secondary N) is 2. The Kier molecular flexibility index (Phi) is 6.33. The highest BCUT2D eigenvalue weighted by molar-refractivity contribution is 5.98. The number of nitrogens with zero attached hydrogens (tertiary/aromatic N) is 1. The number of aryl methyl sites for hydroxylation is 1. The Morgan fingerprint density at radius 3 is 2.80 bits per heavy atom. The Bertz CT molecular complexity index is 922. The molecule has 0 saturated carbocycles. The summed E-state index contributed by atoms with van der Waals surface area (Å²) in [6.07, 6.45) is 3.90. The van der Waals surface area contributed by atoms with Gasteiger partial charge in [0, 0.05) is 5.56 Å². The van der Waals surface area contributed by atoms with E-state index in [1.54, 1.807) is 9.80 Å². The monoisotopic (exact) mass is 408 g/mol. The van der Waals surface area contributed by atoms with Crippen molar-refractivity contribution in [3.05, 3.63) is 59.2 Å². The van der Waals surface area contributed by atoms with Gasteiger partial charge in [-0.3, -0.25) is 9.59 Å². The van der Waals surface area contributed by atoms with Crippen LogP contribution in [0.25, 0.3) is 0 Å². The van der Waals surface area contributed by atoms with Gasteiger partial charge in [-0.15, -0.1) is 0 Å². The molecule has 0 aromatic heterocycles. The zero-order valence-electron chi connectivity index (χ0n) is 17.6. The molecule has 158 valence electrons. The average Bonchev–Trinajstić information content (AvgIpc) is 2.76. The van der Waals surface area contributed by atoms with Gasteiger partial charge < -0.3 is 19.9 Å². The van der Waals surface area contributed by atoms with Crippen molar-refractivity contribution < 1.29 is 19.2 Å². The van der Waals surface area contributed by atoms with E-state index in [4.69, 9.17) is 4.74 Å². The van der Waals surface area contributed by atoms with Gasteiger partial charge in [0.05, 0.1) is 38.4 Å². The van der Waals surface area contributed by atoms with Crippen molar-refractivity contribution in [3.8, 4) is 5.75 Å². The van der Waals surface area contributed by atoms with Crippen LogP contribution in [0.2, 0.25) is 0 Å². The molecule has 0 aliphatic carbocycles. The number of amides is 2. The highest BCUT2D eigenvalue weighted by Gasteiger charge is 2.25. The first kappa shape index (κ1) is 20.4. The van der Waals surface area contributed by atoms with Crippen LogP contribution in [0.15, 0.2) is 42.5 Å². The van der Waals surface area contributed by atoms with E-state index < -0.39 is 0 Å². The second kappa shape index (κ2) is 9.30. The van der Waals surface area contributed by atoms with Crippen LogP contribution in [0.1, 0.15) is 40.7 Å². The number of anilines is 1. The molecule has 1 saturated heterocycles. The molecule has 2 aliphatic rings. The van der Waals surface area contributed by atoms with Crippen LogP contribution in [0.5, 0.6) is 5.75 Å². The zero-order valence-corrected chi connectivity index (χ0v) is 17.6. The smallest absolute Gasteiger partial charge is 0.265 e. The van der Waals surface area contributed by atoms with Crippen molar-refractivity contribution in [2.24, 2.45) is 0 Å². The first-order chi connectivity index (χ1) is 14.6. The molecule has 0 radical (unpaired) electrons. The molecule has 4 rings (SSSR count). The van der Waals surface area contributed by atoms with Crippen molar-refractivity contribution in [2.45, 2.75) is 32.7 Å². The third-order valence-electron chi connectivity index (χ3n) is 5.91. The van der Waals surface area contributed by atoms with E-state index in [1.165, 1.54) is 32.4 Å². The molecule has 0 spiro atoms. The normalized spacial score (nSPS) is 16.7. The lowest BCUT2D eigenvalue weighted by atomic mass is 10.1. The molecule has 2 aromatic rings. The summed E-state index contributed by atoms with van der Waals surface area (Å²) in [4.78, 5) is 28.4. The number of ether oxygens (including phenoxy) is 1. The number of benzene rings is 2. The molecule has 2 N–H and O–H groups in total. The number of fused-ring (bicyclic) bond motifs is 1. The minimum Gasteiger partial charge on any atom is -0.482 e. The minimum absolute atomic E-state index is 0.0372. The lowest BCUT2D eigenvalue weighted by molar-refractivity contribution is -0.903. The zero-order chi connectivity index (χ0) is 20.9. The predicted octanol–water partition coefficient (Wildman–Crippen LogP) is 1.72. The quantitative estimate of drug-likeness (QED) is 0.765. The first-order valence-electron chi connectivity index (χ1n) is 10.8. The standard InChI is InChI=1S/C24H29N3O3/c1-18-8-9-21-22(14-18)30-17-23(28)27(21)16-19-6-5-7-20(15-19)24(29)25-10-13-26-11-3-2-4-12-26/h5-9,14-15H,2-4,10-13,16-17H2,1H3,(H,25,29)/p+1. The fourth-order valence-electron chi connectivity index (χ4n) is 4.24. The number of piperidine rings is 1. The second-order valence-electron chi connectivity index (χ2n) is 8.26. The van der Waals surface area contributed by atoms with Gasteiger partial charge in [-0.1, -0.05) is 18.2 Å². The fourth-order valence-corrected chi connectivity index (χ4v) is 4.24. The molecule has 2 amide bonds. The lowest BCUT2D eigenvalue weighted by Crippen LogP contribution is -3.13. The van der Waals surface area contributed by atoms with Crippen molar-refractivity contribution in [2.75, 3.05) is 37.7 Å². The van der Waals surface area contributed by atoms with Crippen LogP contribution < -0.4 is 19.9 Å². The number of carbonyl (C=O) groups excluding carboxylic acids is 2. The third-order valence-corrected chi connectivity index (χ3v) is 5.91. The summed E-state index contributed by atoms with van der Waals surface area (Å²) < 4.78 is 5.58. The van der Waals surface area contributed by atoms with E-state index in [2.05, 4.69) is 5.32 Å². The van der Waals surface area contributed by atoms with E-state index in [-0.39, 0.29) is 18.4 Å².